The number of nitrogens with zero attached hydrogens (tertiary/aromatic N) is 1. The smallest absolute Gasteiger partial charge is 0.305 e. The minimum absolute atomic E-state index is 0.0106. The third-order valence-electron chi connectivity index (χ3n) is 9.89. The molecule has 1 aromatic heterocycles. The van der Waals surface area contributed by atoms with Gasteiger partial charge in [-0.1, -0.05) is 63.8 Å². The van der Waals surface area contributed by atoms with Gasteiger partial charge in [0.25, 0.3) is 5.91 Å². The molecule has 8 rings (SSSR count). The van der Waals surface area contributed by atoms with Gasteiger partial charge in [0.2, 0.25) is 11.8 Å². The van der Waals surface area contributed by atoms with Crippen molar-refractivity contribution in [2.24, 2.45) is 29.6 Å². The highest BCUT2D eigenvalue weighted by Crippen LogP contribution is 2.69. The summed E-state index contributed by atoms with van der Waals surface area (Å²) in [4.78, 5) is 58.7. The number of aromatic nitrogens is 1. The van der Waals surface area contributed by atoms with E-state index in [9.17, 15) is 19.2 Å². The second kappa shape index (κ2) is 11.7. The molecule has 2 aliphatic heterocycles. The first kappa shape index (κ1) is 31.0. The molecule has 1 saturated heterocycles. The molecule has 2 saturated carbocycles. The van der Waals surface area contributed by atoms with Gasteiger partial charge in [0.1, 0.15) is 5.75 Å². The van der Waals surface area contributed by atoms with E-state index < -0.39 is 17.7 Å². The van der Waals surface area contributed by atoms with E-state index in [1.807, 2.05) is 37.3 Å². The molecule has 47 heavy (non-hydrogen) atoms. The van der Waals surface area contributed by atoms with Crippen molar-refractivity contribution < 1.29 is 19.1 Å². The molecule has 13 heteroatoms. The van der Waals surface area contributed by atoms with E-state index in [0.717, 1.165) is 38.8 Å². The topological polar surface area (TPSA) is 109 Å². The number of nitrogens with one attached hydrogen (secondary N) is 2. The first-order valence-corrected chi connectivity index (χ1v) is 17.9. The van der Waals surface area contributed by atoms with Crippen LogP contribution in [0.4, 0.5) is 11.4 Å². The number of amides is 3. The molecule has 2 bridgehead atoms. The van der Waals surface area contributed by atoms with E-state index in [1.54, 1.807) is 42.1 Å². The SMILES string of the molecule is Cc1ccc(N2C(=O)C3C(C2=O)[C@@H]2C[C@H]3C3Sc4[nH]c(=O)sc4[C@H](c4cc(Cl)ccc4OCC(=O)Nc4ccc(Cl)c(Cl)c4)C32)cc1. The van der Waals surface area contributed by atoms with Crippen molar-refractivity contribution in [3.05, 3.63) is 101 Å². The van der Waals surface area contributed by atoms with Gasteiger partial charge in [0.15, 0.2) is 6.61 Å². The Morgan fingerprint density at radius 1 is 0.957 bits per heavy atom. The molecule has 3 heterocycles. The maximum atomic E-state index is 14.1. The van der Waals surface area contributed by atoms with Crippen molar-refractivity contribution in [2.45, 2.75) is 29.5 Å². The summed E-state index contributed by atoms with van der Waals surface area (Å²) in [6, 6.07) is 17.5. The van der Waals surface area contributed by atoms with Crippen LogP contribution >= 0.6 is 57.9 Å². The maximum Gasteiger partial charge on any atom is 0.305 e. The third kappa shape index (κ3) is 5.11. The van der Waals surface area contributed by atoms with Crippen LogP contribution in [0.15, 0.2) is 70.5 Å². The van der Waals surface area contributed by atoms with Crippen LogP contribution in [0.5, 0.6) is 5.75 Å². The minimum atomic E-state index is -0.448. The van der Waals surface area contributed by atoms with Gasteiger partial charge in [0.05, 0.1) is 32.6 Å². The normalized spacial score (nSPS) is 27.1. The van der Waals surface area contributed by atoms with Gasteiger partial charge in [-0.15, -0.1) is 11.8 Å². The lowest BCUT2D eigenvalue weighted by Gasteiger charge is -2.43. The average molecular weight is 727 g/mol. The number of ether oxygens (including phenoxy) is 1. The Kier molecular flexibility index (Phi) is 7.72. The van der Waals surface area contributed by atoms with Crippen molar-refractivity contribution in [3.63, 3.8) is 0 Å². The van der Waals surface area contributed by atoms with Crippen molar-refractivity contribution >= 4 is 87.0 Å². The molecule has 4 aromatic rings. The molecule has 8 nitrogen and oxygen atoms in total. The van der Waals surface area contributed by atoms with Crippen LogP contribution in [0.1, 0.15) is 28.3 Å². The summed E-state index contributed by atoms with van der Waals surface area (Å²) in [5.41, 5.74) is 2.86. The molecular formula is C34H26Cl3N3O5S2. The number of halogens is 3. The van der Waals surface area contributed by atoms with E-state index in [-0.39, 0.29) is 52.2 Å². The van der Waals surface area contributed by atoms with Gasteiger partial charge in [0, 0.05) is 32.3 Å². The zero-order valence-electron chi connectivity index (χ0n) is 24.7. The molecule has 3 amide bonds. The number of H-pyrrole nitrogens is 1. The minimum Gasteiger partial charge on any atom is -0.483 e. The van der Waals surface area contributed by atoms with Crippen LogP contribution in [-0.4, -0.2) is 34.6 Å². The fourth-order valence-corrected chi connectivity index (χ4v) is 11.5. The van der Waals surface area contributed by atoms with Gasteiger partial charge in [-0.3, -0.25) is 24.1 Å². The Morgan fingerprint density at radius 2 is 1.70 bits per heavy atom. The number of rotatable bonds is 6. The van der Waals surface area contributed by atoms with E-state index in [4.69, 9.17) is 39.5 Å². The van der Waals surface area contributed by atoms with Gasteiger partial charge in [-0.05, 0) is 79.6 Å². The third-order valence-corrected chi connectivity index (χ3v) is 13.4. The molecule has 0 spiro atoms. The molecule has 0 radical (unpaired) electrons. The molecule has 3 aromatic carbocycles. The number of hydrogen-bond acceptors (Lipinski definition) is 7. The van der Waals surface area contributed by atoms with E-state index in [0.29, 0.717) is 32.2 Å². The number of anilines is 2. The number of hydrogen-bond donors (Lipinski definition) is 2. The highest BCUT2D eigenvalue weighted by atomic mass is 35.5. The van der Waals surface area contributed by atoms with Crippen LogP contribution < -0.4 is 19.8 Å². The predicted molar refractivity (Wildman–Crippen MR) is 184 cm³/mol. The number of aromatic amines is 1. The Bertz CT molecular complexity index is 2030. The van der Waals surface area contributed by atoms with Crippen LogP contribution in [-0.2, 0) is 14.4 Å². The summed E-state index contributed by atoms with van der Waals surface area (Å²) >= 11 is 21.4. The average Bonchev–Trinajstić information content (AvgIpc) is 3.78. The standard InChI is InChI=1S/C34H26Cl3N3O5S2/c1-14-2-6-17(7-3-14)40-32(42)27-19-12-20(28(27)33(40)43)29-26(19)25(30-31(46-29)39-34(44)47-30)18-10-15(35)4-9-23(18)45-13-24(41)38-16-5-8-21(36)22(37)11-16/h2-11,19-20,25-29H,12-13H2,1H3,(H,38,41)(H,39,44)/t19-,20-,25-,26?,27?,28?,29?/m1/s1. The fraction of sp³-hybridized carbons (Fsp3) is 0.294. The van der Waals surface area contributed by atoms with E-state index in [1.165, 1.54) is 4.90 Å². The van der Waals surface area contributed by atoms with Crippen LogP contribution in [0, 0.1) is 36.5 Å². The fourth-order valence-electron chi connectivity index (χ4n) is 8.12. The van der Waals surface area contributed by atoms with Gasteiger partial charge >= 0.3 is 4.87 Å². The van der Waals surface area contributed by atoms with E-state index in [2.05, 4.69) is 10.3 Å². The number of imide groups is 1. The molecule has 240 valence electrons. The van der Waals surface area contributed by atoms with Gasteiger partial charge < -0.3 is 15.0 Å². The number of carbonyl (C=O) groups excluding carboxylic acids is 3. The summed E-state index contributed by atoms with van der Waals surface area (Å²) in [6.07, 6.45) is 0.745. The molecule has 7 atom stereocenters. The lowest BCUT2D eigenvalue weighted by atomic mass is 9.68. The maximum absolute atomic E-state index is 14.1. The summed E-state index contributed by atoms with van der Waals surface area (Å²) in [7, 11) is 0. The second-order valence-corrected chi connectivity index (χ2v) is 15.9. The summed E-state index contributed by atoms with van der Waals surface area (Å²) in [5.74, 6) is -1.63. The quantitative estimate of drug-likeness (QED) is 0.201. The highest BCUT2D eigenvalue weighted by molar-refractivity contribution is 8.00. The zero-order valence-corrected chi connectivity index (χ0v) is 28.6. The number of aryl methyl sites for hydroxylation is 1. The second-order valence-electron chi connectivity index (χ2n) is 12.5. The molecule has 3 fully saturated rings. The van der Waals surface area contributed by atoms with Crippen LogP contribution in [0.25, 0.3) is 0 Å². The van der Waals surface area contributed by atoms with Crippen molar-refractivity contribution in [3.8, 4) is 5.75 Å². The Morgan fingerprint density at radius 3 is 2.45 bits per heavy atom. The first-order chi connectivity index (χ1) is 22.6. The Balaban J connectivity index is 1.13. The highest BCUT2D eigenvalue weighted by Gasteiger charge is 2.69. The Hall–Kier alpha value is -3.28. The lowest BCUT2D eigenvalue weighted by molar-refractivity contribution is -0.123. The van der Waals surface area contributed by atoms with E-state index >= 15 is 0 Å². The van der Waals surface area contributed by atoms with Crippen molar-refractivity contribution in [2.75, 3.05) is 16.8 Å². The molecule has 4 aliphatic rings. The summed E-state index contributed by atoms with van der Waals surface area (Å²) < 4.78 is 6.14. The Labute approximate surface area is 292 Å². The molecule has 2 aliphatic carbocycles. The van der Waals surface area contributed by atoms with Gasteiger partial charge in [-0.25, -0.2) is 0 Å². The summed E-state index contributed by atoms with van der Waals surface area (Å²) in [5, 5.41) is 4.69. The molecular weight excluding hydrogens is 701 g/mol. The zero-order chi connectivity index (χ0) is 32.7. The van der Waals surface area contributed by atoms with Crippen molar-refractivity contribution in [1.29, 1.82) is 0 Å². The number of fused-ring (bicyclic) bond motifs is 9. The van der Waals surface area contributed by atoms with Gasteiger partial charge in [-0.2, -0.15) is 0 Å². The van der Waals surface area contributed by atoms with Crippen molar-refractivity contribution in [1.82, 2.24) is 4.98 Å². The number of thiazole rings is 1. The largest absolute Gasteiger partial charge is 0.483 e. The van der Waals surface area contributed by atoms with Crippen LogP contribution in [0.2, 0.25) is 15.1 Å². The first-order valence-electron chi connectivity index (χ1n) is 15.1. The number of thioether (sulfide) groups is 1. The lowest BCUT2D eigenvalue weighted by Crippen LogP contribution is -2.42. The van der Waals surface area contributed by atoms with Crippen LogP contribution in [0.3, 0.4) is 0 Å². The monoisotopic (exact) mass is 725 g/mol. The molecule has 2 N–H and O–H groups in total. The number of benzene rings is 3. The molecule has 4 unspecified atom stereocenters. The predicted octanol–water partition coefficient (Wildman–Crippen LogP) is 7.40. The summed E-state index contributed by atoms with van der Waals surface area (Å²) in [6.45, 7) is 1.67. The number of carbonyl (C=O) groups is 3.